The lowest BCUT2D eigenvalue weighted by atomic mass is 9.99. The summed E-state index contributed by atoms with van der Waals surface area (Å²) in [5.74, 6) is -1.22. The van der Waals surface area contributed by atoms with Gasteiger partial charge >= 0.3 is 5.97 Å². The summed E-state index contributed by atoms with van der Waals surface area (Å²) < 4.78 is 1.32. The first-order valence-electron chi connectivity index (χ1n) is 7.47. The number of carbonyl (C=O) groups is 2. The van der Waals surface area contributed by atoms with E-state index in [9.17, 15) is 9.59 Å². The van der Waals surface area contributed by atoms with E-state index in [-0.39, 0.29) is 17.3 Å². The van der Waals surface area contributed by atoms with Crippen LogP contribution in [0, 0.1) is 0 Å². The monoisotopic (exact) mass is 315 g/mol. The first-order valence-corrected chi connectivity index (χ1v) is 7.47. The predicted molar refractivity (Wildman–Crippen MR) is 86.6 cm³/mol. The lowest BCUT2D eigenvalue weighted by Crippen LogP contribution is -2.28. The van der Waals surface area contributed by atoms with Crippen LogP contribution in [0.25, 0.3) is 0 Å². The van der Waals surface area contributed by atoms with Gasteiger partial charge in [0.2, 0.25) is 0 Å². The molecule has 0 aliphatic carbocycles. The van der Waals surface area contributed by atoms with Crippen molar-refractivity contribution in [3.05, 3.63) is 52.8 Å². The standard InChI is InChI=1S/C17H21N3O3/c1-10(2)12-5-7-13(8-6-12)11(3)18-16(21)15-14(17(22)23)9-20(4)19-15/h5-11H,1-4H3,(H,18,21)(H,22,23). The normalized spacial score (nSPS) is 12.2. The molecule has 1 aromatic carbocycles. The quantitative estimate of drug-likeness (QED) is 0.888. The predicted octanol–water partition coefficient (Wildman–Crippen LogP) is 2.73. The first kappa shape index (κ1) is 16.7. The zero-order valence-corrected chi connectivity index (χ0v) is 13.7. The number of aromatic nitrogens is 2. The number of hydrogen-bond acceptors (Lipinski definition) is 3. The molecule has 0 aliphatic heterocycles. The average Bonchev–Trinajstić information content (AvgIpc) is 2.89. The average molecular weight is 315 g/mol. The molecule has 2 aromatic rings. The maximum atomic E-state index is 12.3. The molecule has 0 aliphatic rings. The molecule has 0 radical (unpaired) electrons. The molecule has 1 amide bonds. The van der Waals surface area contributed by atoms with Gasteiger partial charge in [0.1, 0.15) is 5.56 Å². The fourth-order valence-corrected chi connectivity index (χ4v) is 2.33. The minimum Gasteiger partial charge on any atom is -0.478 e. The third kappa shape index (κ3) is 3.77. The number of amides is 1. The van der Waals surface area contributed by atoms with Crippen LogP contribution in [-0.4, -0.2) is 26.8 Å². The highest BCUT2D eigenvalue weighted by atomic mass is 16.4. The van der Waals surface area contributed by atoms with Crippen LogP contribution < -0.4 is 5.32 Å². The molecule has 6 nitrogen and oxygen atoms in total. The molecule has 1 aromatic heterocycles. The summed E-state index contributed by atoms with van der Waals surface area (Å²) in [6, 6.07) is 7.76. The minimum absolute atomic E-state index is 0.0781. The summed E-state index contributed by atoms with van der Waals surface area (Å²) in [6.07, 6.45) is 1.32. The number of carbonyl (C=O) groups excluding carboxylic acids is 1. The van der Waals surface area contributed by atoms with E-state index >= 15 is 0 Å². The first-order chi connectivity index (χ1) is 10.8. The number of benzene rings is 1. The molecule has 23 heavy (non-hydrogen) atoms. The molecule has 122 valence electrons. The van der Waals surface area contributed by atoms with Crippen LogP contribution in [0.3, 0.4) is 0 Å². The second-order valence-corrected chi connectivity index (χ2v) is 5.89. The SMILES string of the molecule is CC(C)c1ccc(C(C)NC(=O)c2nn(C)cc2C(=O)O)cc1. The van der Waals surface area contributed by atoms with Crippen LogP contribution in [0.4, 0.5) is 0 Å². The minimum atomic E-state index is -1.17. The maximum Gasteiger partial charge on any atom is 0.339 e. The molecule has 1 atom stereocenters. The second kappa shape index (κ2) is 6.64. The summed E-state index contributed by atoms with van der Waals surface area (Å²) in [5.41, 5.74) is 2.00. The van der Waals surface area contributed by atoms with Gasteiger partial charge in [-0.2, -0.15) is 5.10 Å². The molecule has 2 rings (SSSR count). The molecular weight excluding hydrogens is 294 g/mol. The molecule has 0 fully saturated rings. The van der Waals surface area contributed by atoms with Crippen molar-refractivity contribution in [2.24, 2.45) is 7.05 Å². The Balaban J connectivity index is 2.15. The van der Waals surface area contributed by atoms with Crippen molar-refractivity contribution >= 4 is 11.9 Å². The van der Waals surface area contributed by atoms with Crippen LogP contribution in [0.5, 0.6) is 0 Å². The number of aromatic carboxylic acids is 1. The van der Waals surface area contributed by atoms with Gasteiger partial charge in [-0.15, -0.1) is 0 Å². The Bertz CT molecular complexity index is 717. The van der Waals surface area contributed by atoms with Crippen molar-refractivity contribution in [3.8, 4) is 0 Å². The Morgan fingerprint density at radius 2 is 1.70 bits per heavy atom. The molecule has 0 saturated carbocycles. The summed E-state index contributed by atoms with van der Waals surface area (Å²) >= 11 is 0. The topological polar surface area (TPSA) is 84.2 Å². The summed E-state index contributed by atoms with van der Waals surface area (Å²) in [4.78, 5) is 23.5. The number of rotatable bonds is 5. The molecule has 0 spiro atoms. The van der Waals surface area contributed by atoms with Gasteiger partial charge < -0.3 is 10.4 Å². The van der Waals surface area contributed by atoms with Crippen molar-refractivity contribution in [2.45, 2.75) is 32.7 Å². The van der Waals surface area contributed by atoms with Gasteiger partial charge in [0.15, 0.2) is 5.69 Å². The van der Waals surface area contributed by atoms with Gasteiger partial charge in [-0.25, -0.2) is 4.79 Å². The molecule has 6 heteroatoms. The lowest BCUT2D eigenvalue weighted by molar-refractivity contribution is 0.0690. The molecule has 1 heterocycles. The Hall–Kier alpha value is -2.63. The van der Waals surface area contributed by atoms with E-state index in [1.165, 1.54) is 16.4 Å². The molecular formula is C17H21N3O3. The Morgan fingerprint density at radius 3 is 2.22 bits per heavy atom. The van der Waals surface area contributed by atoms with Gasteiger partial charge in [-0.3, -0.25) is 9.48 Å². The maximum absolute atomic E-state index is 12.3. The third-order valence-electron chi connectivity index (χ3n) is 3.73. The smallest absolute Gasteiger partial charge is 0.339 e. The largest absolute Gasteiger partial charge is 0.478 e. The fraction of sp³-hybridized carbons (Fsp3) is 0.353. The van der Waals surface area contributed by atoms with Gasteiger partial charge in [0, 0.05) is 13.2 Å². The fourth-order valence-electron chi connectivity index (χ4n) is 2.33. The van der Waals surface area contributed by atoms with Gasteiger partial charge in [0.05, 0.1) is 6.04 Å². The number of hydrogen-bond donors (Lipinski definition) is 2. The van der Waals surface area contributed by atoms with Gasteiger partial charge in [-0.05, 0) is 24.0 Å². The van der Waals surface area contributed by atoms with E-state index in [2.05, 4.69) is 24.3 Å². The Morgan fingerprint density at radius 1 is 1.13 bits per heavy atom. The van der Waals surface area contributed by atoms with E-state index in [0.29, 0.717) is 5.92 Å². The third-order valence-corrected chi connectivity index (χ3v) is 3.73. The van der Waals surface area contributed by atoms with Crippen LogP contribution in [0.15, 0.2) is 30.5 Å². The molecule has 1 unspecified atom stereocenters. The molecule has 0 bridgehead atoms. The highest BCUT2D eigenvalue weighted by Crippen LogP contribution is 2.19. The van der Waals surface area contributed by atoms with Crippen LogP contribution in [0.2, 0.25) is 0 Å². The van der Waals surface area contributed by atoms with Crippen LogP contribution in [0.1, 0.15) is 64.7 Å². The zero-order chi connectivity index (χ0) is 17.1. The van der Waals surface area contributed by atoms with Crippen molar-refractivity contribution in [2.75, 3.05) is 0 Å². The van der Waals surface area contributed by atoms with E-state index in [1.54, 1.807) is 7.05 Å². The Labute approximate surface area is 135 Å². The van der Waals surface area contributed by atoms with Crippen molar-refractivity contribution < 1.29 is 14.7 Å². The Kier molecular flexibility index (Phi) is 4.83. The number of carboxylic acids is 1. The number of aryl methyl sites for hydroxylation is 1. The van der Waals surface area contributed by atoms with E-state index in [4.69, 9.17) is 5.11 Å². The van der Waals surface area contributed by atoms with Gasteiger partial charge in [-0.1, -0.05) is 38.1 Å². The van der Waals surface area contributed by atoms with E-state index < -0.39 is 11.9 Å². The number of nitrogens with zero attached hydrogens (tertiary/aromatic N) is 2. The van der Waals surface area contributed by atoms with E-state index in [1.807, 2.05) is 31.2 Å². The van der Waals surface area contributed by atoms with Gasteiger partial charge in [0.25, 0.3) is 5.91 Å². The van der Waals surface area contributed by atoms with Crippen LogP contribution >= 0.6 is 0 Å². The summed E-state index contributed by atoms with van der Waals surface area (Å²) in [5, 5.41) is 15.9. The summed E-state index contributed by atoms with van der Waals surface area (Å²) in [6.45, 7) is 6.09. The number of carboxylic acid groups (broad SMARTS) is 1. The summed E-state index contributed by atoms with van der Waals surface area (Å²) in [7, 11) is 1.58. The highest BCUT2D eigenvalue weighted by molar-refractivity contribution is 6.03. The van der Waals surface area contributed by atoms with Crippen molar-refractivity contribution in [3.63, 3.8) is 0 Å². The second-order valence-electron chi connectivity index (χ2n) is 5.89. The van der Waals surface area contributed by atoms with Crippen molar-refractivity contribution in [1.29, 1.82) is 0 Å². The van der Waals surface area contributed by atoms with Crippen LogP contribution in [-0.2, 0) is 7.05 Å². The van der Waals surface area contributed by atoms with E-state index in [0.717, 1.165) is 5.56 Å². The number of nitrogens with one attached hydrogen (secondary N) is 1. The lowest BCUT2D eigenvalue weighted by Gasteiger charge is -2.15. The van der Waals surface area contributed by atoms with Crippen molar-refractivity contribution in [1.82, 2.24) is 15.1 Å². The molecule has 0 saturated heterocycles. The highest BCUT2D eigenvalue weighted by Gasteiger charge is 2.22. The molecule has 2 N–H and O–H groups in total. The zero-order valence-electron chi connectivity index (χ0n) is 13.7.